The van der Waals surface area contributed by atoms with Crippen LogP contribution in [0, 0.1) is 5.92 Å². The van der Waals surface area contributed by atoms with Crippen LogP contribution in [0.3, 0.4) is 0 Å². The molecular formula is C24H20N2O5. The number of Topliss-reactive ketones (excluding diaryl/α,β-unsaturated/α-hetero) is 1. The summed E-state index contributed by atoms with van der Waals surface area (Å²) < 4.78 is 10.4. The maximum Gasteiger partial charge on any atom is 0.294 e. The number of anilines is 1. The lowest BCUT2D eigenvalue weighted by Crippen LogP contribution is -2.31. The highest BCUT2D eigenvalue weighted by molar-refractivity contribution is 6.17. The topological polar surface area (TPSA) is 92.9 Å². The average molecular weight is 416 g/mol. The van der Waals surface area contributed by atoms with E-state index in [1.165, 1.54) is 11.2 Å². The number of aromatic nitrogens is 1. The third-order valence-corrected chi connectivity index (χ3v) is 5.73. The number of amides is 1. The Labute approximate surface area is 178 Å². The van der Waals surface area contributed by atoms with Gasteiger partial charge in [-0.3, -0.25) is 14.5 Å². The molecule has 1 saturated carbocycles. The molecule has 2 aromatic carbocycles. The molecule has 7 heteroatoms. The molecule has 1 unspecified atom stereocenters. The lowest BCUT2D eigenvalue weighted by molar-refractivity contribution is -0.118. The van der Waals surface area contributed by atoms with Gasteiger partial charge in [0.15, 0.2) is 11.5 Å². The number of rotatable bonds is 6. The quantitative estimate of drug-likeness (QED) is 0.646. The van der Waals surface area contributed by atoms with Crippen LogP contribution in [0.25, 0.3) is 11.3 Å². The van der Waals surface area contributed by atoms with Gasteiger partial charge in [-0.05, 0) is 31.0 Å². The minimum Gasteiger partial charge on any atom is -0.503 e. The fourth-order valence-corrected chi connectivity index (χ4v) is 4.03. The molecule has 1 aromatic heterocycles. The van der Waals surface area contributed by atoms with Crippen molar-refractivity contribution >= 4 is 17.4 Å². The van der Waals surface area contributed by atoms with Gasteiger partial charge in [0, 0.05) is 28.8 Å². The van der Waals surface area contributed by atoms with Crippen molar-refractivity contribution in [3.63, 3.8) is 0 Å². The summed E-state index contributed by atoms with van der Waals surface area (Å²) >= 11 is 0. The molecule has 2 aliphatic rings. The number of carbonyl (C=O) groups excluding carboxylic acids is 2. The fourth-order valence-electron chi connectivity index (χ4n) is 4.03. The van der Waals surface area contributed by atoms with E-state index in [1.807, 2.05) is 30.3 Å². The lowest BCUT2D eigenvalue weighted by atomic mass is 9.93. The predicted octanol–water partition coefficient (Wildman–Crippen LogP) is 4.23. The van der Waals surface area contributed by atoms with E-state index in [2.05, 4.69) is 5.16 Å². The predicted molar refractivity (Wildman–Crippen MR) is 113 cm³/mol. The van der Waals surface area contributed by atoms with Crippen LogP contribution in [0.1, 0.15) is 24.4 Å². The fraction of sp³-hybridized carbons (Fsp3) is 0.208. The molecule has 1 aliphatic carbocycles. The second kappa shape index (κ2) is 7.43. The van der Waals surface area contributed by atoms with Gasteiger partial charge in [-0.1, -0.05) is 35.5 Å². The van der Waals surface area contributed by atoms with Crippen molar-refractivity contribution in [3.05, 3.63) is 77.8 Å². The number of hydrogen-bond acceptors (Lipinski definition) is 6. The van der Waals surface area contributed by atoms with Gasteiger partial charge >= 0.3 is 0 Å². The number of carbonyl (C=O) groups is 2. The van der Waals surface area contributed by atoms with Gasteiger partial charge in [-0.25, -0.2) is 0 Å². The first-order valence-corrected chi connectivity index (χ1v) is 10.0. The zero-order chi connectivity index (χ0) is 21.5. The van der Waals surface area contributed by atoms with Gasteiger partial charge in [0.05, 0.1) is 18.7 Å². The van der Waals surface area contributed by atoms with E-state index in [4.69, 9.17) is 9.26 Å². The van der Waals surface area contributed by atoms with E-state index in [1.54, 1.807) is 31.4 Å². The summed E-state index contributed by atoms with van der Waals surface area (Å²) in [5.74, 6) is -0.872. The molecule has 7 nitrogen and oxygen atoms in total. The third kappa shape index (κ3) is 3.18. The minimum absolute atomic E-state index is 0.137. The number of hydrogen-bond donors (Lipinski definition) is 1. The molecule has 0 bridgehead atoms. The van der Waals surface area contributed by atoms with Crippen LogP contribution >= 0.6 is 0 Å². The number of methoxy groups -OCH3 is 1. The van der Waals surface area contributed by atoms with Gasteiger partial charge in [-0.2, -0.15) is 0 Å². The molecule has 2 heterocycles. The normalized spacial score (nSPS) is 18.5. The molecule has 156 valence electrons. The maximum atomic E-state index is 13.2. The van der Waals surface area contributed by atoms with E-state index in [-0.39, 0.29) is 17.3 Å². The van der Waals surface area contributed by atoms with Gasteiger partial charge in [0.2, 0.25) is 0 Å². The Morgan fingerprint density at radius 1 is 1.13 bits per heavy atom. The van der Waals surface area contributed by atoms with E-state index < -0.39 is 17.7 Å². The highest BCUT2D eigenvalue weighted by Gasteiger charge is 2.48. The largest absolute Gasteiger partial charge is 0.503 e. The SMILES string of the molecule is COc1ccccc1C1C(C(=O)C2CC2)=C(O)C(=O)N1c1ccc(-c2ccon2)cc1. The first-order chi connectivity index (χ1) is 15.1. The van der Waals surface area contributed by atoms with Crippen LogP contribution in [0.2, 0.25) is 0 Å². The molecule has 0 saturated heterocycles. The Bertz CT molecular complexity index is 1180. The van der Waals surface area contributed by atoms with Crippen molar-refractivity contribution in [1.29, 1.82) is 0 Å². The number of aliphatic hydroxyl groups is 1. The van der Waals surface area contributed by atoms with Crippen LogP contribution in [0.4, 0.5) is 5.69 Å². The first kappa shape index (κ1) is 19.1. The third-order valence-electron chi connectivity index (χ3n) is 5.73. The van der Waals surface area contributed by atoms with E-state index in [0.717, 1.165) is 18.4 Å². The van der Waals surface area contributed by atoms with Gasteiger partial charge in [-0.15, -0.1) is 0 Å². The molecule has 5 rings (SSSR count). The molecular weight excluding hydrogens is 396 g/mol. The number of benzene rings is 2. The first-order valence-electron chi connectivity index (χ1n) is 10.0. The summed E-state index contributed by atoms with van der Waals surface area (Å²) in [5, 5.41) is 14.7. The van der Waals surface area contributed by atoms with Crippen molar-refractivity contribution in [2.75, 3.05) is 12.0 Å². The molecule has 1 aliphatic heterocycles. The molecule has 0 radical (unpaired) electrons. The Morgan fingerprint density at radius 3 is 2.52 bits per heavy atom. The van der Waals surface area contributed by atoms with Crippen LogP contribution < -0.4 is 9.64 Å². The number of para-hydroxylation sites is 1. The molecule has 1 fully saturated rings. The van der Waals surface area contributed by atoms with Crippen LogP contribution in [-0.4, -0.2) is 29.1 Å². The summed E-state index contributed by atoms with van der Waals surface area (Å²) in [5.41, 5.74) is 2.83. The van der Waals surface area contributed by atoms with Gasteiger partial charge < -0.3 is 14.4 Å². The van der Waals surface area contributed by atoms with Crippen LogP contribution in [-0.2, 0) is 9.59 Å². The molecule has 1 N–H and O–H groups in total. The smallest absolute Gasteiger partial charge is 0.294 e. The van der Waals surface area contributed by atoms with Crippen LogP contribution in [0.15, 0.2) is 76.7 Å². The van der Waals surface area contributed by atoms with E-state index >= 15 is 0 Å². The second-order valence-electron chi connectivity index (χ2n) is 7.65. The van der Waals surface area contributed by atoms with E-state index in [9.17, 15) is 14.7 Å². The van der Waals surface area contributed by atoms with E-state index in [0.29, 0.717) is 22.7 Å². The summed E-state index contributed by atoms with van der Waals surface area (Å²) in [6, 6.07) is 15.4. The molecule has 3 aromatic rings. The molecule has 1 amide bonds. The average Bonchev–Trinajstić information content (AvgIpc) is 3.45. The molecule has 31 heavy (non-hydrogen) atoms. The minimum atomic E-state index is -0.769. The Kier molecular flexibility index (Phi) is 4.58. The zero-order valence-electron chi connectivity index (χ0n) is 16.8. The monoisotopic (exact) mass is 416 g/mol. The van der Waals surface area contributed by atoms with Crippen molar-refractivity contribution in [1.82, 2.24) is 5.16 Å². The Morgan fingerprint density at radius 2 is 1.87 bits per heavy atom. The Balaban J connectivity index is 1.61. The Hall–Kier alpha value is -3.87. The summed E-state index contributed by atoms with van der Waals surface area (Å²) in [6.45, 7) is 0. The molecule has 0 spiro atoms. The van der Waals surface area contributed by atoms with Crippen molar-refractivity contribution in [2.45, 2.75) is 18.9 Å². The van der Waals surface area contributed by atoms with Crippen molar-refractivity contribution < 1.29 is 24.0 Å². The van der Waals surface area contributed by atoms with Crippen molar-refractivity contribution in [2.24, 2.45) is 5.92 Å². The number of aliphatic hydroxyl groups excluding tert-OH is 1. The van der Waals surface area contributed by atoms with Crippen molar-refractivity contribution in [3.8, 4) is 17.0 Å². The summed E-state index contributed by atoms with van der Waals surface area (Å²) in [7, 11) is 1.54. The maximum absolute atomic E-state index is 13.2. The van der Waals surface area contributed by atoms with Gasteiger partial charge in [0.25, 0.3) is 5.91 Å². The second-order valence-corrected chi connectivity index (χ2v) is 7.65. The number of ketones is 1. The molecule has 1 atom stereocenters. The highest BCUT2D eigenvalue weighted by atomic mass is 16.5. The standard InChI is InChI=1S/C24H20N2O5/c1-30-19-5-3-2-4-17(19)21-20(22(27)15-6-7-15)23(28)24(29)26(21)16-10-8-14(9-11-16)18-12-13-31-25-18/h2-5,8-13,15,21,28H,6-7H2,1H3. The van der Waals surface area contributed by atoms with Gasteiger partial charge in [0.1, 0.15) is 17.7 Å². The summed E-state index contributed by atoms with van der Waals surface area (Å²) in [4.78, 5) is 27.7. The van der Waals surface area contributed by atoms with Crippen LogP contribution in [0.5, 0.6) is 5.75 Å². The highest BCUT2D eigenvalue weighted by Crippen LogP contribution is 2.47. The summed E-state index contributed by atoms with van der Waals surface area (Å²) in [6.07, 6.45) is 3.03. The number of ether oxygens (including phenoxy) is 1. The number of nitrogens with zero attached hydrogens (tertiary/aromatic N) is 2. The zero-order valence-corrected chi connectivity index (χ0v) is 16.8. The lowest BCUT2D eigenvalue weighted by Gasteiger charge is -2.28.